The molecule has 1 unspecified atom stereocenters. The van der Waals surface area contributed by atoms with E-state index in [0.29, 0.717) is 25.7 Å². The van der Waals surface area contributed by atoms with Gasteiger partial charge in [-0.25, -0.2) is 9.79 Å². The van der Waals surface area contributed by atoms with Crippen LogP contribution < -0.4 is 15.5 Å². The molecule has 1 aliphatic rings. The van der Waals surface area contributed by atoms with E-state index >= 15 is 0 Å². The van der Waals surface area contributed by atoms with Crippen LogP contribution in [0.15, 0.2) is 29.3 Å². The average molecular weight is 375 g/mol. The minimum atomic E-state index is -0.310. The predicted octanol–water partition coefficient (Wildman–Crippen LogP) is 1.57. The van der Waals surface area contributed by atoms with E-state index in [-0.39, 0.29) is 24.6 Å². The maximum atomic E-state index is 11.8. The second-order valence-corrected chi connectivity index (χ2v) is 6.69. The first-order valence-corrected chi connectivity index (χ1v) is 9.19. The number of hydrogen-bond acceptors (Lipinski definition) is 4. The molecule has 1 aromatic carbocycles. The summed E-state index contributed by atoms with van der Waals surface area (Å²) in [5.74, 6) is 0.585. The number of nitrogens with one attached hydrogen (secondary N) is 2. The number of benzene rings is 1. The fourth-order valence-corrected chi connectivity index (χ4v) is 2.39. The summed E-state index contributed by atoms with van der Waals surface area (Å²) in [5, 5.41) is 6.37. The number of carbonyl (C=O) groups is 2. The van der Waals surface area contributed by atoms with Crippen LogP contribution in [0.4, 0.5) is 10.5 Å². The number of carbonyl (C=O) groups excluding carboxylic acids is 2. The number of likely N-dealkylation sites (N-methyl/N-ethyl adjacent to an activating group) is 1. The van der Waals surface area contributed by atoms with E-state index in [1.165, 1.54) is 4.90 Å². The fourth-order valence-electron chi connectivity index (χ4n) is 2.39. The molecule has 1 heterocycles. The third kappa shape index (κ3) is 6.16. The van der Waals surface area contributed by atoms with E-state index in [1.807, 2.05) is 24.3 Å². The van der Waals surface area contributed by atoms with Crippen molar-refractivity contribution in [2.24, 2.45) is 4.99 Å². The van der Waals surface area contributed by atoms with Gasteiger partial charge in [0, 0.05) is 25.8 Å². The molecule has 148 valence electrons. The van der Waals surface area contributed by atoms with Crippen molar-refractivity contribution >= 4 is 23.6 Å². The molecule has 2 N–H and O–H groups in total. The first-order chi connectivity index (χ1) is 12.9. The van der Waals surface area contributed by atoms with Gasteiger partial charge in [0.05, 0.1) is 19.6 Å². The second kappa shape index (κ2) is 9.80. The Morgan fingerprint density at radius 3 is 2.59 bits per heavy atom. The van der Waals surface area contributed by atoms with Gasteiger partial charge in [-0.15, -0.1) is 0 Å². The summed E-state index contributed by atoms with van der Waals surface area (Å²) in [6.45, 7) is 5.80. The maximum Gasteiger partial charge on any atom is 0.414 e. The number of hydrogen-bond donors (Lipinski definition) is 2. The van der Waals surface area contributed by atoms with Crippen LogP contribution in [0.5, 0.6) is 0 Å². The molecule has 1 aliphatic heterocycles. The molecule has 0 radical (unpaired) electrons. The summed E-state index contributed by atoms with van der Waals surface area (Å²) in [6, 6.07) is 7.91. The first-order valence-electron chi connectivity index (χ1n) is 9.19. The number of nitrogens with zero attached hydrogens (tertiary/aromatic N) is 3. The lowest BCUT2D eigenvalue weighted by Crippen LogP contribution is -2.45. The maximum absolute atomic E-state index is 11.8. The molecule has 8 heteroatoms. The van der Waals surface area contributed by atoms with Crippen LogP contribution >= 0.6 is 0 Å². The molecule has 1 aromatic rings. The first kappa shape index (κ1) is 20.5. The van der Waals surface area contributed by atoms with Gasteiger partial charge in [0.15, 0.2) is 5.96 Å². The molecule has 27 heavy (non-hydrogen) atoms. The molecule has 0 bridgehead atoms. The minimum Gasteiger partial charge on any atom is -0.447 e. The monoisotopic (exact) mass is 375 g/mol. The average Bonchev–Trinajstić information content (AvgIpc) is 3.09. The molecule has 1 fully saturated rings. The fraction of sp³-hybridized carbons (Fsp3) is 0.526. The zero-order valence-corrected chi connectivity index (χ0v) is 16.5. The largest absolute Gasteiger partial charge is 0.447 e. The Morgan fingerprint density at radius 2 is 2.04 bits per heavy atom. The van der Waals surface area contributed by atoms with Crippen molar-refractivity contribution in [3.8, 4) is 0 Å². The molecule has 8 nitrogen and oxygen atoms in total. The normalized spacial score (nSPS) is 15.3. The lowest BCUT2D eigenvalue weighted by molar-refractivity contribution is -0.127. The molecule has 2 amide bonds. The van der Waals surface area contributed by atoms with Crippen LogP contribution in [0.3, 0.4) is 0 Å². The van der Waals surface area contributed by atoms with E-state index in [9.17, 15) is 9.59 Å². The number of amides is 2. The quantitative estimate of drug-likeness (QED) is 0.558. The highest BCUT2D eigenvalue weighted by molar-refractivity contribution is 5.89. The third-order valence-electron chi connectivity index (χ3n) is 4.33. The third-order valence-corrected chi connectivity index (χ3v) is 4.33. The van der Waals surface area contributed by atoms with E-state index in [2.05, 4.69) is 29.5 Å². The van der Waals surface area contributed by atoms with Crippen LogP contribution in [0.1, 0.15) is 25.8 Å². The van der Waals surface area contributed by atoms with E-state index in [0.717, 1.165) is 17.7 Å². The molecule has 1 saturated heterocycles. The Labute approximate surface area is 160 Å². The summed E-state index contributed by atoms with van der Waals surface area (Å²) in [7, 11) is 3.45. The van der Waals surface area contributed by atoms with Gasteiger partial charge in [0.25, 0.3) is 0 Å². The highest BCUT2D eigenvalue weighted by Crippen LogP contribution is 2.19. The summed E-state index contributed by atoms with van der Waals surface area (Å²) in [6.07, 6.45) is 0.638. The van der Waals surface area contributed by atoms with Crippen LogP contribution in [-0.2, 0) is 16.1 Å². The van der Waals surface area contributed by atoms with Crippen molar-refractivity contribution < 1.29 is 14.3 Å². The van der Waals surface area contributed by atoms with Crippen LogP contribution in [0, 0.1) is 0 Å². The number of anilines is 1. The lowest BCUT2D eigenvalue weighted by atomic mass is 10.2. The molecule has 0 saturated carbocycles. The minimum absolute atomic E-state index is 0.0181. The van der Waals surface area contributed by atoms with Crippen molar-refractivity contribution in [1.82, 2.24) is 15.5 Å². The lowest BCUT2D eigenvalue weighted by Gasteiger charge is -2.18. The van der Waals surface area contributed by atoms with Gasteiger partial charge < -0.3 is 20.3 Å². The number of aliphatic imine (C=N–C) groups is 1. The van der Waals surface area contributed by atoms with Crippen LogP contribution in [0.25, 0.3) is 0 Å². The van der Waals surface area contributed by atoms with Gasteiger partial charge >= 0.3 is 6.09 Å². The zero-order valence-electron chi connectivity index (χ0n) is 16.5. The number of ether oxygens (including phenoxy) is 1. The second-order valence-electron chi connectivity index (χ2n) is 6.69. The smallest absolute Gasteiger partial charge is 0.414 e. The Balaban J connectivity index is 2.00. The summed E-state index contributed by atoms with van der Waals surface area (Å²) in [5.41, 5.74) is 1.83. The van der Waals surface area contributed by atoms with Gasteiger partial charge in [0.1, 0.15) is 6.61 Å². The Morgan fingerprint density at radius 1 is 1.33 bits per heavy atom. The van der Waals surface area contributed by atoms with Crippen molar-refractivity contribution in [1.29, 1.82) is 0 Å². The highest BCUT2D eigenvalue weighted by Gasteiger charge is 2.23. The van der Waals surface area contributed by atoms with Gasteiger partial charge in [0.2, 0.25) is 5.91 Å². The number of guanidine groups is 1. The van der Waals surface area contributed by atoms with Crippen molar-refractivity contribution in [3.63, 3.8) is 0 Å². The molecular formula is C19H29N5O3. The van der Waals surface area contributed by atoms with Crippen LogP contribution in [-0.4, -0.2) is 62.7 Å². The summed E-state index contributed by atoms with van der Waals surface area (Å²) < 4.78 is 4.96. The van der Waals surface area contributed by atoms with Gasteiger partial charge in [-0.2, -0.15) is 0 Å². The van der Waals surface area contributed by atoms with Crippen molar-refractivity contribution in [2.45, 2.75) is 32.9 Å². The Bertz CT molecular complexity index is 672. The van der Waals surface area contributed by atoms with Crippen molar-refractivity contribution in [3.05, 3.63) is 29.8 Å². The molecule has 0 aliphatic carbocycles. The van der Waals surface area contributed by atoms with E-state index in [4.69, 9.17) is 4.74 Å². The molecule has 1 atom stereocenters. The molecule has 0 spiro atoms. The topological polar surface area (TPSA) is 86.3 Å². The van der Waals surface area contributed by atoms with Gasteiger partial charge in [-0.05, 0) is 31.0 Å². The molecule has 2 rings (SSSR count). The summed E-state index contributed by atoms with van der Waals surface area (Å²) >= 11 is 0. The van der Waals surface area contributed by atoms with Crippen molar-refractivity contribution in [2.75, 3.05) is 38.7 Å². The summed E-state index contributed by atoms with van der Waals surface area (Å²) in [4.78, 5) is 31.1. The Hall–Kier alpha value is -2.77. The number of cyclic esters (lactones) is 1. The number of rotatable bonds is 7. The molecule has 0 aromatic heterocycles. The van der Waals surface area contributed by atoms with Crippen LogP contribution in [0.2, 0.25) is 0 Å². The SMILES string of the molecule is CCC(C)NC(=NCc1ccc(N2CCOC2=O)cc1)NCC(=O)N(C)C. The Kier molecular flexibility index (Phi) is 7.45. The molecular weight excluding hydrogens is 346 g/mol. The van der Waals surface area contributed by atoms with Gasteiger partial charge in [-0.3, -0.25) is 9.69 Å². The predicted molar refractivity (Wildman–Crippen MR) is 106 cm³/mol. The zero-order chi connectivity index (χ0) is 19.8. The van der Waals surface area contributed by atoms with E-state index < -0.39 is 0 Å². The standard InChI is InChI=1S/C19H29N5O3/c1-5-14(2)22-18(21-13-17(25)23(3)4)20-12-15-6-8-16(9-7-15)24-10-11-27-19(24)26/h6-9,14H,5,10-13H2,1-4H3,(H2,20,21,22). The van der Waals surface area contributed by atoms with Gasteiger partial charge in [-0.1, -0.05) is 19.1 Å². The highest BCUT2D eigenvalue weighted by atomic mass is 16.6. The van der Waals surface area contributed by atoms with E-state index in [1.54, 1.807) is 19.0 Å².